The number of hydrogen-bond donors (Lipinski definition) is 1. The van der Waals surface area contributed by atoms with Gasteiger partial charge in [0.15, 0.2) is 0 Å². The molecular formula is C13H17F2N3O2. The minimum absolute atomic E-state index is 0.0239. The number of likely N-dealkylation sites (tertiary alicyclic amines) is 1. The molecule has 1 amide bonds. The molecule has 0 aromatic carbocycles. The van der Waals surface area contributed by atoms with Crippen molar-refractivity contribution in [2.75, 3.05) is 13.1 Å². The van der Waals surface area contributed by atoms with Gasteiger partial charge in [-0.3, -0.25) is 4.68 Å². The molecule has 0 unspecified atom stereocenters. The highest BCUT2D eigenvalue weighted by Gasteiger charge is 2.53. The predicted molar refractivity (Wildman–Crippen MR) is 66.7 cm³/mol. The van der Waals surface area contributed by atoms with Crippen molar-refractivity contribution in [2.45, 2.75) is 32.7 Å². The standard InChI is InChI=1S/C13H17F2N3O2/c1-8-2-10(11(14)15)18(16-8)5-9-3-13(4-9)6-17(7-13)12(19)20/h2,9,11H,3-7H2,1H3,(H,19,20). The van der Waals surface area contributed by atoms with Crippen LogP contribution in [0.3, 0.4) is 0 Å². The number of aromatic nitrogens is 2. The van der Waals surface area contributed by atoms with Crippen molar-refractivity contribution in [1.29, 1.82) is 0 Å². The molecule has 1 aromatic heterocycles. The molecule has 20 heavy (non-hydrogen) atoms. The lowest BCUT2D eigenvalue weighted by Crippen LogP contribution is -2.63. The second kappa shape index (κ2) is 4.43. The van der Waals surface area contributed by atoms with E-state index in [2.05, 4.69) is 5.10 Å². The Morgan fingerprint density at radius 3 is 2.75 bits per heavy atom. The highest BCUT2D eigenvalue weighted by molar-refractivity contribution is 5.66. The second-order valence-electron chi connectivity index (χ2n) is 6.11. The van der Waals surface area contributed by atoms with Gasteiger partial charge in [-0.2, -0.15) is 5.10 Å². The number of amides is 1. The van der Waals surface area contributed by atoms with E-state index >= 15 is 0 Å². The lowest BCUT2D eigenvalue weighted by atomic mass is 9.58. The van der Waals surface area contributed by atoms with Crippen LogP contribution in [0.5, 0.6) is 0 Å². The Bertz CT molecular complexity index is 530. The van der Waals surface area contributed by atoms with E-state index in [1.165, 1.54) is 15.6 Å². The zero-order valence-corrected chi connectivity index (χ0v) is 11.2. The number of carbonyl (C=O) groups is 1. The van der Waals surface area contributed by atoms with E-state index in [0.29, 0.717) is 31.2 Å². The van der Waals surface area contributed by atoms with Gasteiger partial charge in [0.05, 0.1) is 5.69 Å². The third-order valence-electron chi connectivity index (χ3n) is 4.35. The molecule has 0 atom stereocenters. The summed E-state index contributed by atoms with van der Waals surface area (Å²) in [5, 5.41) is 12.9. The minimum Gasteiger partial charge on any atom is -0.465 e. The molecule has 2 heterocycles. The summed E-state index contributed by atoms with van der Waals surface area (Å²) in [5.74, 6) is 0.322. The highest BCUT2D eigenvalue weighted by atomic mass is 19.3. The molecule has 2 fully saturated rings. The summed E-state index contributed by atoms with van der Waals surface area (Å²) < 4.78 is 27.1. The van der Waals surface area contributed by atoms with Crippen molar-refractivity contribution >= 4 is 6.09 Å². The third-order valence-corrected chi connectivity index (χ3v) is 4.35. The van der Waals surface area contributed by atoms with Crippen LogP contribution in [-0.2, 0) is 6.54 Å². The molecule has 0 radical (unpaired) electrons. The van der Waals surface area contributed by atoms with Crippen LogP contribution < -0.4 is 0 Å². The Morgan fingerprint density at radius 2 is 2.20 bits per heavy atom. The first-order chi connectivity index (χ1) is 9.38. The fraction of sp³-hybridized carbons (Fsp3) is 0.692. The van der Waals surface area contributed by atoms with Gasteiger partial charge in [-0.05, 0) is 31.7 Å². The first kappa shape index (κ1) is 13.3. The molecule has 1 saturated heterocycles. The minimum atomic E-state index is -2.50. The lowest BCUT2D eigenvalue weighted by molar-refractivity contribution is -0.0850. The van der Waals surface area contributed by atoms with Gasteiger partial charge in [-0.15, -0.1) is 0 Å². The zero-order valence-electron chi connectivity index (χ0n) is 11.2. The molecule has 1 spiro atoms. The van der Waals surface area contributed by atoms with E-state index in [1.54, 1.807) is 6.92 Å². The van der Waals surface area contributed by atoms with Crippen LogP contribution >= 0.6 is 0 Å². The normalized spacial score (nSPS) is 21.1. The smallest absolute Gasteiger partial charge is 0.407 e. The van der Waals surface area contributed by atoms with E-state index in [-0.39, 0.29) is 11.1 Å². The Morgan fingerprint density at radius 1 is 1.55 bits per heavy atom. The Balaban J connectivity index is 1.56. The molecule has 110 valence electrons. The van der Waals surface area contributed by atoms with Crippen LogP contribution in [0, 0.1) is 18.3 Å². The maximum Gasteiger partial charge on any atom is 0.407 e. The fourth-order valence-electron chi connectivity index (χ4n) is 3.58. The zero-order chi connectivity index (χ0) is 14.5. The first-order valence-electron chi connectivity index (χ1n) is 6.69. The van der Waals surface area contributed by atoms with E-state index in [9.17, 15) is 13.6 Å². The second-order valence-corrected chi connectivity index (χ2v) is 6.11. The average Bonchev–Trinajstić information content (AvgIpc) is 2.60. The maximum absolute atomic E-state index is 12.8. The van der Waals surface area contributed by atoms with Crippen LogP contribution in [0.2, 0.25) is 0 Å². The van der Waals surface area contributed by atoms with Gasteiger partial charge in [0.1, 0.15) is 5.69 Å². The SMILES string of the molecule is Cc1cc(C(F)F)n(CC2CC3(C2)CN(C(=O)O)C3)n1. The third kappa shape index (κ3) is 2.14. The van der Waals surface area contributed by atoms with E-state index in [4.69, 9.17) is 5.11 Å². The molecule has 0 bridgehead atoms. The molecule has 2 aliphatic rings. The summed E-state index contributed by atoms with van der Waals surface area (Å²) in [6.07, 6.45) is -1.57. The molecule has 1 N–H and O–H groups in total. The van der Waals surface area contributed by atoms with Gasteiger partial charge >= 0.3 is 6.09 Å². The van der Waals surface area contributed by atoms with Crippen molar-refractivity contribution in [1.82, 2.24) is 14.7 Å². The number of alkyl halides is 2. The van der Waals surface area contributed by atoms with Crippen molar-refractivity contribution in [3.63, 3.8) is 0 Å². The van der Waals surface area contributed by atoms with Gasteiger partial charge < -0.3 is 10.0 Å². The Hall–Kier alpha value is -1.66. The number of hydrogen-bond acceptors (Lipinski definition) is 2. The summed E-state index contributed by atoms with van der Waals surface area (Å²) in [4.78, 5) is 12.1. The van der Waals surface area contributed by atoms with Gasteiger partial charge in [0.25, 0.3) is 6.43 Å². The van der Waals surface area contributed by atoms with E-state index in [1.807, 2.05) is 0 Å². The lowest BCUT2D eigenvalue weighted by Gasteiger charge is -2.58. The largest absolute Gasteiger partial charge is 0.465 e. The van der Waals surface area contributed by atoms with Crippen LogP contribution in [-0.4, -0.2) is 39.0 Å². The Labute approximate surface area is 115 Å². The number of halogens is 2. The molecule has 1 aromatic rings. The van der Waals surface area contributed by atoms with Crippen molar-refractivity contribution < 1.29 is 18.7 Å². The average molecular weight is 285 g/mol. The predicted octanol–water partition coefficient (Wildman–Crippen LogP) is 2.52. The topological polar surface area (TPSA) is 58.4 Å². The van der Waals surface area contributed by atoms with Crippen molar-refractivity contribution in [3.8, 4) is 0 Å². The Kier molecular flexibility index (Phi) is 2.95. The number of rotatable bonds is 3. The molecule has 7 heteroatoms. The number of aryl methyl sites for hydroxylation is 1. The first-order valence-corrected chi connectivity index (χ1v) is 6.69. The van der Waals surface area contributed by atoms with E-state index in [0.717, 1.165) is 12.8 Å². The van der Waals surface area contributed by atoms with Crippen molar-refractivity contribution in [3.05, 3.63) is 17.5 Å². The summed E-state index contributed by atoms with van der Waals surface area (Å²) in [6.45, 7) is 3.38. The molecular weight excluding hydrogens is 268 g/mol. The summed E-state index contributed by atoms with van der Waals surface area (Å²) in [5.41, 5.74) is 0.690. The molecule has 1 aliphatic heterocycles. The van der Waals surface area contributed by atoms with Crippen LogP contribution in [0.1, 0.15) is 30.7 Å². The van der Waals surface area contributed by atoms with Crippen LogP contribution in [0.15, 0.2) is 6.07 Å². The summed E-state index contributed by atoms with van der Waals surface area (Å²) >= 11 is 0. The monoisotopic (exact) mass is 285 g/mol. The van der Waals surface area contributed by atoms with Gasteiger partial charge in [-0.1, -0.05) is 0 Å². The fourth-order valence-corrected chi connectivity index (χ4v) is 3.58. The molecule has 3 rings (SSSR count). The molecule has 1 saturated carbocycles. The van der Waals surface area contributed by atoms with Gasteiger partial charge in [0.2, 0.25) is 0 Å². The molecule has 5 nitrogen and oxygen atoms in total. The summed E-state index contributed by atoms with van der Waals surface area (Å²) in [7, 11) is 0. The summed E-state index contributed by atoms with van der Waals surface area (Å²) in [6, 6.07) is 1.43. The van der Waals surface area contributed by atoms with Crippen LogP contribution in [0.25, 0.3) is 0 Å². The maximum atomic E-state index is 12.8. The number of carboxylic acid groups (broad SMARTS) is 1. The number of nitrogens with zero attached hydrogens (tertiary/aromatic N) is 3. The van der Waals surface area contributed by atoms with Crippen LogP contribution in [0.4, 0.5) is 13.6 Å². The van der Waals surface area contributed by atoms with Gasteiger partial charge in [-0.25, -0.2) is 13.6 Å². The highest BCUT2D eigenvalue weighted by Crippen LogP contribution is 2.52. The van der Waals surface area contributed by atoms with E-state index < -0.39 is 12.5 Å². The molecule has 1 aliphatic carbocycles. The van der Waals surface area contributed by atoms with Crippen molar-refractivity contribution in [2.24, 2.45) is 11.3 Å². The van der Waals surface area contributed by atoms with Gasteiger partial charge in [0, 0.05) is 25.0 Å². The quantitative estimate of drug-likeness (QED) is 0.928.